The fourth-order valence-electron chi connectivity index (χ4n) is 6.89. The van der Waals surface area contributed by atoms with Crippen LogP contribution in [0, 0.1) is 0 Å². The first-order valence-corrected chi connectivity index (χ1v) is 25.1. The molecule has 0 saturated heterocycles. The van der Waals surface area contributed by atoms with Crippen molar-refractivity contribution in [3.8, 4) is 51.3 Å². The molecule has 0 unspecified atom stereocenters. The fraction of sp³-hybridized carbons (Fsp3) is 0.154. The number of rotatable bonds is 6. The molecule has 2 aliphatic heterocycles. The summed E-state index contributed by atoms with van der Waals surface area (Å²) < 4.78 is 26.7. The maximum atomic E-state index is 11.9. The van der Waals surface area contributed by atoms with Crippen LogP contribution in [0.1, 0.15) is 6.42 Å². The zero-order chi connectivity index (χ0) is 39.4. The predicted molar refractivity (Wildman–Crippen MR) is 212 cm³/mol. The van der Waals surface area contributed by atoms with Gasteiger partial charge in [0.05, 0.1) is 33.0 Å². The third-order valence-electron chi connectivity index (χ3n) is 8.99. The van der Waals surface area contributed by atoms with Crippen LogP contribution in [0.15, 0.2) is 91.0 Å². The monoisotopic (exact) mass is 802 g/mol. The summed E-state index contributed by atoms with van der Waals surface area (Å²) in [6.07, 6.45) is -0.767. The molecular formula is C39H40N13O3Zn+. The van der Waals surface area contributed by atoms with Crippen LogP contribution in [-0.4, -0.2) is 89.2 Å². The first-order valence-electron chi connectivity index (χ1n) is 18.2. The number of benzene rings is 4. The van der Waals surface area contributed by atoms with Gasteiger partial charge in [-0.1, -0.05) is 84.9 Å². The predicted octanol–water partition coefficient (Wildman–Crippen LogP) is 4.43. The van der Waals surface area contributed by atoms with E-state index < -0.39 is 27.8 Å². The van der Waals surface area contributed by atoms with Gasteiger partial charge in [0.1, 0.15) is 34.9 Å². The molecule has 5 heterocycles. The van der Waals surface area contributed by atoms with Gasteiger partial charge in [-0.05, 0) is 6.07 Å². The number of carboxylic acid groups (broad SMARTS) is 1. The Bertz CT molecular complexity index is 2830. The second-order valence-corrected chi connectivity index (χ2v) is 21.1. The summed E-state index contributed by atoms with van der Waals surface area (Å²) in [7, 11) is 6.02. The van der Waals surface area contributed by atoms with E-state index in [9.17, 15) is 9.90 Å². The minimum absolute atomic E-state index is 0.162. The number of nitrogens with zero attached hydrogens (tertiary/aromatic N) is 7. The van der Waals surface area contributed by atoms with Gasteiger partial charge in [0.15, 0.2) is 29.4 Å². The number of quaternary nitrogens is 1. The van der Waals surface area contributed by atoms with Gasteiger partial charge < -0.3 is 24.3 Å². The Morgan fingerprint density at radius 3 is 1.46 bits per heavy atom. The van der Waals surface area contributed by atoms with E-state index in [2.05, 4.69) is 9.97 Å². The van der Waals surface area contributed by atoms with Gasteiger partial charge in [-0.25, -0.2) is 29.9 Å². The van der Waals surface area contributed by atoms with E-state index in [1.807, 2.05) is 112 Å². The normalized spacial score (nSPS) is 12.5. The van der Waals surface area contributed by atoms with Crippen LogP contribution in [0.3, 0.4) is 0 Å². The van der Waals surface area contributed by atoms with Crippen LogP contribution in [0.2, 0.25) is 0 Å². The number of aromatic nitrogens is 8. The number of hydrogen-bond donors (Lipinski definition) is 7. The minimum atomic E-state index is -3.25. The number of carbonyl (C=O) groups is 1. The maximum absolute atomic E-state index is 11.9. The second-order valence-electron chi connectivity index (χ2n) is 15.1. The molecule has 7 aromatic rings. The number of aliphatic carboxylic acids is 1. The summed E-state index contributed by atoms with van der Waals surface area (Å²) in [5.74, 6) is 1.55. The van der Waals surface area contributed by atoms with Gasteiger partial charge in [-0.2, -0.15) is 0 Å². The summed E-state index contributed by atoms with van der Waals surface area (Å²) in [6, 6.07) is 29.4. The Morgan fingerprint density at radius 2 is 1.02 bits per heavy atom. The molecule has 0 amide bonds. The number of hydrogen-bond acceptors (Lipinski definition) is 12. The number of ether oxygens (including phenoxy) is 1. The van der Waals surface area contributed by atoms with Crippen molar-refractivity contribution in [1.82, 2.24) is 39.9 Å². The van der Waals surface area contributed by atoms with E-state index in [4.69, 9.17) is 52.5 Å². The standard InChI is InChI=1S/C39H31N9O3.4H2N.Zn/c1-48(2,3)20-21(19-30(49)50)51-29-18-10-17-28-31(29)39-46-37-27-16-9-8-15-26(27)35(44-37)42-33-23-12-5-4-11-22(23)32(40-33)41-34-24-13-6-7-14-25(24)36(43-34)45-38(28)47-39;;;;;/h4-18,21H,19-20H2,1-3H3,(H2-,40,41,42,43,44,45,46,47,49,50);4*1H2;/q;4*-1;+4/p+1/t21-;;;;;/m1...../s1. The number of carboxylic acids is 1. The molecule has 8 bridgehead atoms. The molecule has 0 spiro atoms. The average molecular weight is 804 g/mol. The first-order chi connectivity index (χ1) is 26.7. The van der Waals surface area contributed by atoms with Crippen LogP contribution in [0.25, 0.3) is 89.7 Å². The Hall–Kier alpha value is -6.07. The van der Waals surface area contributed by atoms with Gasteiger partial charge in [0.2, 0.25) is 0 Å². The molecule has 0 saturated carbocycles. The Balaban J connectivity index is 0.000000831. The zero-order valence-corrected chi connectivity index (χ0v) is 34.0. The first kappa shape index (κ1) is 36.9. The molecule has 1 atom stereocenters. The van der Waals surface area contributed by atoms with E-state index >= 15 is 0 Å². The van der Waals surface area contributed by atoms with Crippen LogP contribution in [0.4, 0.5) is 0 Å². The molecule has 4 aromatic carbocycles. The quantitative estimate of drug-likeness (QED) is 0.0908. The van der Waals surface area contributed by atoms with Crippen molar-refractivity contribution in [1.29, 1.82) is 0 Å². The molecule has 0 fully saturated rings. The van der Waals surface area contributed by atoms with Gasteiger partial charge in [0.25, 0.3) is 0 Å². The average Bonchev–Trinajstić information content (AvgIpc) is 3.86. The van der Waals surface area contributed by atoms with Crippen LogP contribution in [-0.2, 0) is 20.5 Å². The Labute approximate surface area is 324 Å². The van der Waals surface area contributed by atoms with Gasteiger partial charge in [-0.3, -0.25) is 4.79 Å². The zero-order valence-electron chi connectivity index (χ0n) is 31.1. The SMILES string of the molecule is C[N+](C)(C)C[C@@H](CC(=O)O)Oc1cccc2c3nc4nc(nc5[nH]c(nc6nc(nc([nH]3)c12)-c1ccccc1-6)c1ccccc51)-c1ccccc1-4.[NH2][Zn]([NH2])([NH2])[NH2]. The molecular weight excluding hydrogens is 764 g/mol. The third-order valence-corrected chi connectivity index (χ3v) is 8.99. The van der Waals surface area contributed by atoms with Gasteiger partial charge >= 0.3 is 39.6 Å². The molecule has 56 heavy (non-hydrogen) atoms. The molecule has 0 radical (unpaired) electrons. The van der Waals surface area contributed by atoms with Crippen molar-refractivity contribution in [3.05, 3.63) is 91.0 Å². The molecule has 0 aliphatic carbocycles. The van der Waals surface area contributed by atoms with E-state index in [0.29, 0.717) is 68.0 Å². The molecule has 17 heteroatoms. The van der Waals surface area contributed by atoms with Crippen molar-refractivity contribution in [3.63, 3.8) is 0 Å². The van der Waals surface area contributed by atoms with Crippen molar-refractivity contribution >= 4 is 50.1 Å². The number of nitrogens with one attached hydrogen (secondary N) is 2. The van der Waals surface area contributed by atoms with Crippen molar-refractivity contribution in [2.75, 3.05) is 27.7 Å². The molecule has 2 aliphatic rings. The van der Waals surface area contributed by atoms with E-state index in [-0.39, 0.29) is 6.42 Å². The number of likely N-dealkylation sites (N-methyl/N-ethyl adjacent to an activating group) is 1. The van der Waals surface area contributed by atoms with Crippen molar-refractivity contribution in [2.45, 2.75) is 12.5 Å². The number of aromatic amines is 2. The van der Waals surface area contributed by atoms with Crippen LogP contribution >= 0.6 is 0 Å². The van der Waals surface area contributed by atoms with Crippen LogP contribution < -0.4 is 22.6 Å². The summed E-state index contributed by atoms with van der Waals surface area (Å²) in [5.41, 5.74) is 5.60. The van der Waals surface area contributed by atoms with Gasteiger partial charge in [0, 0.05) is 38.4 Å². The second kappa shape index (κ2) is 14.2. The summed E-state index contributed by atoms with van der Waals surface area (Å²) >= 11 is -3.25. The third kappa shape index (κ3) is 7.59. The van der Waals surface area contributed by atoms with Crippen LogP contribution in [0.5, 0.6) is 5.75 Å². The topological polar surface area (TPSA) is 260 Å². The summed E-state index contributed by atoms with van der Waals surface area (Å²) in [4.78, 5) is 49.0. The molecule has 16 nitrogen and oxygen atoms in total. The molecule has 9 rings (SSSR count). The summed E-state index contributed by atoms with van der Waals surface area (Å²) in [5, 5.41) is 13.0. The van der Waals surface area contributed by atoms with Gasteiger partial charge in [-0.15, -0.1) is 0 Å². The van der Waals surface area contributed by atoms with Crippen molar-refractivity contribution < 1.29 is 34.8 Å². The van der Waals surface area contributed by atoms with E-state index in [1.165, 1.54) is 0 Å². The fourth-order valence-corrected chi connectivity index (χ4v) is 6.89. The van der Waals surface area contributed by atoms with E-state index in [1.54, 1.807) is 0 Å². The number of nitrogens with two attached hydrogens (primary N) is 4. The Kier molecular flexibility index (Phi) is 9.36. The van der Waals surface area contributed by atoms with Crippen molar-refractivity contribution in [2.24, 2.45) is 17.9 Å². The summed E-state index contributed by atoms with van der Waals surface area (Å²) in [6.45, 7) is 0.474. The number of H-pyrrole nitrogens is 2. The van der Waals surface area contributed by atoms with E-state index in [0.717, 1.165) is 38.4 Å². The number of fused-ring (bicyclic) bond motifs is 20. The molecule has 3 aromatic heterocycles. The Morgan fingerprint density at radius 1 is 0.625 bits per heavy atom. The molecule has 11 N–H and O–H groups in total. The molecule has 280 valence electrons.